The Kier molecular flexibility index (Phi) is 5.76. The van der Waals surface area contributed by atoms with Crippen molar-refractivity contribution in [1.29, 1.82) is 0 Å². The van der Waals surface area contributed by atoms with E-state index in [2.05, 4.69) is 17.3 Å². The summed E-state index contributed by atoms with van der Waals surface area (Å²) in [5.74, 6) is 0.766. The monoisotopic (exact) mass is 350 g/mol. The molecule has 3 rings (SSSR count). The molecule has 1 aliphatic heterocycles. The highest BCUT2D eigenvalue weighted by molar-refractivity contribution is 5.92. The van der Waals surface area contributed by atoms with Gasteiger partial charge in [0, 0.05) is 44.4 Å². The molecule has 1 saturated heterocycles. The second-order valence-electron chi connectivity index (χ2n) is 7.61. The van der Waals surface area contributed by atoms with E-state index in [0.717, 1.165) is 45.0 Å². The first-order valence-electron chi connectivity index (χ1n) is 9.23. The maximum Gasteiger partial charge on any atom is 0.274 e. The summed E-state index contributed by atoms with van der Waals surface area (Å²) in [5.41, 5.74) is 0.571. The maximum absolute atomic E-state index is 12.6. The Morgan fingerprint density at radius 1 is 1.48 bits per heavy atom. The molecule has 7 nitrogen and oxygen atoms in total. The van der Waals surface area contributed by atoms with Crippen molar-refractivity contribution in [2.75, 3.05) is 40.0 Å². The van der Waals surface area contributed by atoms with Crippen LogP contribution < -0.4 is 5.32 Å². The van der Waals surface area contributed by atoms with E-state index in [-0.39, 0.29) is 17.9 Å². The number of likely N-dealkylation sites (tertiary alicyclic amines) is 1. The number of aromatic nitrogens is 2. The molecule has 1 saturated carbocycles. The van der Waals surface area contributed by atoms with Gasteiger partial charge in [-0.3, -0.25) is 9.48 Å². The fourth-order valence-corrected chi connectivity index (χ4v) is 3.68. The van der Waals surface area contributed by atoms with Crippen LogP contribution in [0.25, 0.3) is 0 Å². The largest absolute Gasteiger partial charge is 0.394 e. The molecule has 0 bridgehead atoms. The van der Waals surface area contributed by atoms with Gasteiger partial charge in [0.05, 0.1) is 19.8 Å². The quantitative estimate of drug-likeness (QED) is 0.723. The van der Waals surface area contributed by atoms with Gasteiger partial charge in [-0.25, -0.2) is 0 Å². The smallest absolute Gasteiger partial charge is 0.274 e. The Labute approximate surface area is 149 Å². The number of nitrogens with one attached hydrogen (secondary N) is 1. The number of ether oxygens (including phenoxy) is 1. The number of aliphatic hydroxyl groups excluding tert-OH is 1. The van der Waals surface area contributed by atoms with E-state index in [1.54, 1.807) is 24.1 Å². The van der Waals surface area contributed by atoms with Gasteiger partial charge in [-0.05, 0) is 31.2 Å². The Morgan fingerprint density at radius 3 is 2.80 bits per heavy atom. The van der Waals surface area contributed by atoms with Crippen LogP contribution in [-0.2, 0) is 11.3 Å². The fraction of sp³-hybridized carbons (Fsp3) is 0.778. The number of carbonyl (C=O) groups is 1. The molecule has 0 aromatic carbocycles. The fourth-order valence-electron chi connectivity index (χ4n) is 3.68. The molecular formula is C18H30N4O3. The number of amides is 1. The first-order valence-corrected chi connectivity index (χ1v) is 9.23. The lowest BCUT2D eigenvalue weighted by Gasteiger charge is -2.41. The lowest BCUT2D eigenvalue weighted by molar-refractivity contribution is 0.0198. The summed E-state index contributed by atoms with van der Waals surface area (Å²) in [6.45, 7) is 5.86. The molecule has 2 fully saturated rings. The molecule has 2 atom stereocenters. The minimum Gasteiger partial charge on any atom is -0.394 e. The molecule has 2 N–H and O–H groups in total. The number of hydrogen-bond acceptors (Lipinski definition) is 5. The highest BCUT2D eigenvalue weighted by Crippen LogP contribution is 2.35. The van der Waals surface area contributed by atoms with Crippen molar-refractivity contribution in [2.24, 2.45) is 11.3 Å². The first-order chi connectivity index (χ1) is 12.1. The van der Waals surface area contributed by atoms with E-state index in [0.29, 0.717) is 18.3 Å². The van der Waals surface area contributed by atoms with E-state index in [9.17, 15) is 4.79 Å². The van der Waals surface area contributed by atoms with Gasteiger partial charge in [0.15, 0.2) is 0 Å². The van der Waals surface area contributed by atoms with Crippen LogP contribution in [0.5, 0.6) is 0 Å². The second-order valence-corrected chi connectivity index (χ2v) is 7.61. The molecule has 140 valence electrons. The summed E-state index contributed by atoms with van der Waals surface area (Å²) in [4.78, 5) is 14.5. The highest BCUT2D eigenvalue weighted by Gasteiger charge is 2.39. The number of nitrogens with zero attached hydrogens (tertiary/aromatic N) is 3. The average Bonchev–Trinajstić information content (AvgIpc) is 3.12. The first kappa shape index (κ1) is 18.4. The molecule has 2 heterocycles. The van der Waals surface area contributed by atoms with Crippen molar-refractivity contribution in [3.05, 3.63) is 18.0 Å². The number of carbonyl (C=O) groups excluding carboxylic acids is 1. The highest BCUT2D eigenvalue weighted by atomic mass is 16.5. The predicted octanol–water partition coefficient (Wildman–Crippen LogP) is 0.742. The van der Waals surface area contributed by atoms with Gasteiger partial charge in [-0.15, -0.1) is 0 Å². The van der Waals surface area contributed by atoms with E-state index in [4.69, 9.17) is 9.84 Å². The zero-order chi connectivity index (χ0) is 17.9. The topological polar surface area (TPSA) is 79.6 Å². The third-order valence-corrected chi connectivity index (χ3v) is 5.60. The van der Waals surface area contributed by atoms with Crippen LogP contribution in [0.4, 0.5) is 0 Å². The average molecular weight is 350 g/mol. The van der Waals surface area contributed by atoms with Crippen molar-refractivity contribution in [3.63, 3.8) is 0 Å². The summed E-state index contributed by atoms with van der Waals surface area (Å²) in [6, 6.07) is 2.38. The van der Waals surface area contributed by atoms with Gasteiger partial charge in [0.1, 0.15) is 5.69 Å². The van der Waals surface area contributed by atoms with Gasteiger partial charge < -0.3 is 20.1 Å². The Hall–Kier alpha value is -1.44. The van der Waals surface area contributed by atoms with Crippen LogP contribution in [0.15, 0.2) is 12.3 Å². The molecule has 1 amide bonds. The van der Waals surface area contributed by atoms with Crippen LogP contribution in [-0.4, -0.2) is 71.7 Å². The molecule has 2 aliphatic rings. The SMILES string of the molecule is COCC1(CN[C@@H]2C[C@H]2C)CCN(C(=O)c2ccn(CCO)n2)CC1. The summed E-state index contributed by atoms with van der Waals surface area (Å²) in [5, 5.41) is 16.9. The van der Waals surface area contributed by atoms with E-state index in [1.165, 1.54) is 6.42 Å². The van der Waals surface area contributed by atoms with Crippen LogP contribution in [0.1, 0.15) is 36.7 Å². The van der Waals surface area contributed by atoms with Gasteiger partial charge in [0.25, 0.3) is 5.91 Å². The summed E-state index contributed by atoms with van der Waals surface area (Å²) >= 11 is 0. The number of aliphatic hydroxyl groups is 1. The number of hydrogen-bond donors (Lipinski definition) is 2. The zero-order valence-corrected chi connectivity index (χ0v) is 15.3. The van der Waals surface area contributed by atoms with Crippen molar-refractivity contribution in [1.82, 2.24) is 20.0 Å². The molecule has 1 aromatic rings. The van der Waals surface area contributed by atoms with Crippen LogP contribution in [0.2, 0.25) is 0 Å². The van der Waals surface area contributed by atoms with Gasteiger partial charge >= 0.3 is 0 Å². The minimum absolute atomic E-state index is 0.0190. The van der Waals surface area contributed by atoms with Crippen LogP contribution in [0.3, 0.4) is 0 Å². The third-order valence-electron chi connectivity index (χ3n) is 5.60. The van der Waals surface area contributed by atoms with Crippen LogP contribution >= 0.6 is 0 Å². The molecule has 0 radical (unpaired) electrons. The Morgan fingerprint density at radius 2 is 2.20 bits per heavy atom. The van der Waals surface area contributed by atoms with E-state index < -0.39 is 0 Å². The predicted molar refractivity (Wildman–Crippen MR) is 94.3 cm³/mol. The van der Waals surface area contributed by atoms with Crippen molar-refractivity contribution in [3.8, 4) is 0 Å². The summed E-state index contributed by atoms with van der Waals surface area (Å²) in [6.07, 6.45) is 4.89. The van der Waals surface area contributed by atoms with Gasteiger partial charge in [0.2, 0.25) is 0 Å². The van der Waals surface area contributed by atoms with Gasteiger partial charge in [-0.1, -0.05) is 6.92 Å². The summed E-state index contributed by atoms with van der Waals surface area (Å²) < 4.78 is 7.10. The van der Waals surface area contributed by atoms with Crippen LogP contribution in [0, 0.1) is 11.3 Å². The Bertz CT molecular complexity index is 581. The molecule has 25 heavy (non-hydrogen) atoms. The maximum atomic E-state index is 12.6. The van der Waals surface area contributed by atoms with Crippen molar-refractivity contribution >= 4 is 5.91 Å². The second kappa shape index (κ2) is 7.85. The summed E-state index contributed by atoms with van der Waals surface area (Å²) in [7, 11) is 1.76. The molecular weight excluding hydrogens is 320 g/mol. The number of rotatable bonds is 8. The molecule has 1 aliphatic carbocycles. The number of piperidine rings is 1. The molecule has 1 aromatic heterocycles. The van der Waals surface area contributed by atoms with E-state index in [1.807, 2.05) is 4.90 Å². The normalized spacial score (nSPS) is 25.2. The molecule has 7 heteroatoms. The lowest BCUT2D eigenvalue weighted by atomic mass is 9.78. The Balaban J connectivity index is 1.55. The number of methoxy groups -OCH3 is 1. The molecule has 0 spiro atoms. The van der Waals surface area contributed by atoms with Crippen molar-refractivity contribution in [2.45, 2.75) is 38.8 Å². The van der Waals surface area contributed by atoms with Crippen molar-refractivity contribution < 1.29 is 14.6 Å². The van der Waals surface area contributed by atoms with Gasteiger partial charge in [-0.2, -0.15) is 5.10 Å². The zero-order valence-electron chi connectivity index (χ0n) is 15.3. The third kappa shape index (κ3) is 4.40. The lowest BCUT2D eigenvalue weighted by Crippen LogP contribution is -2.49. The minimum atomic E-state index is -0.0218. The standard InChI is InChI=1S/C18H30N4O3/c1-14-11-16(14)19-12-18(13-25-2)4-7-21(8-5-18)17(24)15-3-6-22(20-15)9-10-23/h3,6,14,16,19,23H,4-5,7-13H2,1-2H3/t14-,16-/m1/s1. The molecule has 0 unspecified atom stereocenters. The van der Waals surface area contributed by atoms with E-state index >= 15 is 0 Å².